The molecule has 2 heterocycles. The van der Waals surface area contributed by atoms with Gasteiger partial charge in [-0.25, -0.2) is 17.2 Å². The number of aryl methyl sites for hydroxylation is 2. The summed E-state index contributed by atoms with van der Waals surface area (Å²) in [6.07, 6.45) is -2.91. The third-order valence-corrected chi connectivity index (χ3v) is 6.18. The Morgan fingerprint density at radius 2 is 2.00 bits per heavy atom. The highest BCUT2D eigenvalue weighted by molar-refractivity contribution is 7.89. The molecule has 3 rings (SSSR count). The number of rotatable bonds is 3. The van der Waals surface area contributed by atoms with Crippen LogP contribution in [0.2, 0.25) is 5.02 Å². The fraction of sp³-hybridized carbons (Fsp3) is 0.357. The number of halogens is 3. The molecule has 1 aliphatic rings. The van der Waals surface area contributed by atoms with Gasteiger partial charge in [-0.3, -0.25) is 4.68 Å². The normalized spacial score (nSPS) is 15.4. The topological polar surface area (TPSA) is 55.2 Å². The van der Waals surface area contributed by atoms with Gasteiger partial charge in [0.15, 0.2) is 5.03 Å². The molecule has 0 radical (unpaired) electrons. The fourth-order valence-electron chi connectivity index (χ4n) is 2.85. The zero-order valence-corrected chi connectivity index (χ0v) is 14.0. The van der Waals surface area contributed by atoms with Crippen LogP contribution in [0, 0.1) is 6.92 Å². The van der Waals surface area contributed by atoms with Crippen molar-refractivity contribution in [1.29, 1.82) is 0 Å². The van der Waals surface area contributed by atoms with Gasteiger partial charge >= 0.3 is 0 Å². The molecule has 0 fully saturated rings. The summed E-state index contributed by atoms with van der Waals surface area (Å²) in [5, 5.41) is 3.85. The fourth-order valence-corrected chi connectivity index (χ4v) is 4.85. The molecular weight excluding hydrogens is 348 g/mol. The monoisotopic (exact) mass is 361 g/mol. The SMILES string of the molecule is Cc1nn(C)c(S(=O)(=O)N2Cc3cccc(Cl)c3C2)c1C(F)F. The molecule has 0 amide bonds. The molecule has 1 aliphatic heterocycles. The van der Waals surface area contributed by atoms with Crippen LogP contribution in [-0.4, -0.2) is 22.5 Å². The van der Waals surface area contributed by atoms with Gasteiger partial charge in [-0.15, -0.1) is 0 Å². The predicted molar refractivity (Wildman–Crippen MR) is 80.8 cm³/mol. The van der Waals surface area contributed by atoms with E-state index in [0.29, 0.717) is 10.6 Å². The molecule has 5 nitrogen and oxygen atoms in total. The Hall–Kier alpha value is -1.51. The van der Waals surface area contributed by atoms with Crippen molar-refractivity contribution in [3.05, 3.63) is 45.6 Å². The lowest BCUT2D eigenvalue weighted by Crippen LogP contribution is -2.28. The summed E-state index contributed by atoms with van der Waals surface area (Å²) in [7, 11) is -2.76. The number of nitrogens with zero attached hydrogens (tertiary/aromatic N) is 3. The van der Waals surface area contributed by atoms with E-state index in [1.165, 1.54) is 14.0 Å². The van der Waals surface area contributed by atoms with Crippen molar-refractivity contribution in [2.24, 2.45) is 7.05 Å². The highest BCUT2D eigenvalue weighted by Crippen LogP contribution is 2.36. The van der Waals surface area contributed by atoms with E-state index in [1.54, 1.807) is 18.2 Å². The molecule has 0 unspecified atom stereocenters. The smallest absolute Gasteiger partial charge is 0.255 e. The van der Waals surface area contributed by atoms with E-state index in [4.69, 9.17) is 11.6 Å². The second kappa shape index (κ2) is 5.54. The first-order valence-corrected chi connectivity index (χ1v) is 8.63. The van der Waals surface area contributed by atoms with Crippen LogP contribution in [0.25, 0.3) is 0 Å². The molecule has 0 saturated carbocycles. The Balaban J connectivity index is 2.07. The molecule has 0 bridgehead atoms. The van der Waals surface area contributed by atoms with E-state index < -0.39 is 27.0 Å². The molecule has 1 aromatic heterocycles. The molecule has 0 aliphatic carbocycles. The van der Waals surface area contributed by atoms with Crippen LogP contribution in [0.15, 0.2) is 23.2 Å². The summed E-state index contributed by atoms with van der Waals surface area (Å²) >= 11 is 6.09. The summed E-state index contributed by atoms with van der Waals surface area (Å²) in [6, 6.07) is 5.19. The number of benzene rings is 1. The van der Waals surface area contributed by atoms with Gasteiger partial charge < -0.3 is 0 Å². The van der Waals surface area contributed by atoms with Crippen LogP contribution in [0.5, 0.6) is 0 Å². The zero-order chi connectivity index (χ0) is 16.9. The maximum Gasteiger partial charge on any atom is 0.268 e. The van der Waals surface area contributed by atoms with E-state index in [1.807, 2.05) is 0 Å². The van der Waals surface area contributed by atoms with Crippen LogP contribution < -0.4 is 0 Å². The summed E-state index contributed by atoms with van der Waals surface area (Å²) in [4.78, 5) is 0. The highest BCUT2D eigenvalue weighted by atomic mass is 35.5. The van der Waals surface area contributed by atoms with E-state index >= 15 is 0 Å². The Kier molecular flexibility index (Phi) is 3.94. The molecule has 0 atom stereocenters. The number of hydrogen-bond acceptors (Lipinski definition) is 3. The standard InChI is InChI=1S/C14H14ClF2N3O2S/c1-8-12(13(16)17)14(19(2)18-8)23(21,22)20-6-9-4-3-5-11(15)10(9)7-20/h3-5,13H,6-7H2,1-2H3. The maximum atomic E-state index is 13.3. The molecule has 0 N–H and O–H groups in total. The average molecular weight is 362 g/mol. The van der Waals surface area contributed by atoms with Crippen molar-refractivity contribution in [2.45, 2.75) is 31.5 Å². The van der Waals surface area contributed by atoms with Gasteiger partial charge in [-0.1, -0.05) is 23.7 Å². The maximum absolute atomic E-state index is 13.3. The van der Waals surface area contributed by atoms with Crippen molar-refractivity contribution in [1.82, 2.24) is 14.1 Å². The summed E-state index contributed by atoms with van der Waals surface area (Å²) in [5.74, 6) is 0. The first-order valence-electron chi connectivity index (χ1n) is 6.81. The quantitative estimate of drug-likeness (QED) is 0.844. The van der Waals surface area contributed by atoms with E-state index in [9.17, 15) is 17.2 Å². The van der Waals surface area contributed by atoms with Gasteiger partial charge in [0.1, 0.15) is 0 Å². The lowest BCUT2D eigenvalue weighted by Gasteiger charge is -2.17. The van der Waals surface area contributed by atoms with Gasteiger partial charge in [0.25, 0.3) is 16.4 Å². The van der Waals surface area contributed by atoms with Crippen molar-refractivity contribution >= 4 is 21.6 Å². The Morgan fingerprint density at radius 1 is 1.30 bits per heavy atom. The van der Waals surface area contributed by atoms with E-state index in [-0.39, 0.29) is 18.8 Å². The average Bonchev–Trinajstić information content (AvgIpc) is 3.01. The minimum atomic E-state index is -4.11. The summed E-state index contributed by atoms with van der Waals surface area (Å²) < 4.78 is 54.4. The van der Waals surface area contributed by atoms with Crippen LogP contribution >= 0.6 is 11.6 Å². The van der Waals surface area contributed by atoms with Gasteiger partial charge in [-0.05, 0) is 24.1 Å². The molecule has 0 saturated heterocycles. The molecule has 9 heteroatoms. The number of aromatic nitrogens is 2. The van der Waals surface area contributed by atoms with Crippen LogP contribution in [0.1, 0.15) is 28.8 Å². The van der Waals surface area contributed by atoms with Crippen LogP contribution in [0.4, 0.5) is 8.78 Å². The molecule has 2 aromatic rings. The van der Waals surface area contributed by atoms with E-state index in [2.05, 4.69) is 5.10 Å². The minimum Gasteiger partial charge on any atom is -0.255 e. The summed E-state index contributed by atoms with van der Waals surface area (Å²) in [6.45, 7) is 1.53. The number of hydrogen-bond donors (Lipinski definition) is 0. The van der Waals surface area contributed by atoms with Gasteiger partial charge in [0.05, 0.1) is 11.3 Å². The van der Waals surface area contributed by atoms with Crippen molar-refractivity contribution in [3.63, 3.8) is 0 Å². The second-order valence-electron chi connectivity index (χ2n) is 5.38. The van der Waals surface area contributed by atoms with Crippen molar-refractivity contribution in [3.8, 4) is 0 Å². The molecule has 124 valence electrons. The van der Waals surface area contributed by atoms with Crippen LogP contribution in [-0.2, 0) is 30.2 Å². The molecular formula is C14H14ClF2N3O2S. The Morgan fingerprint density at radius 3 is 2.61 bits per heavy atom. The molecule has 1 aromatic carbocycles. The number of sulfonamides is 1. The largest absolute Gasteiger partial charge is 0.268 e. The molecule has 0 spiro atoms. The van der Waals surface area contributed by atoms with Crippen molar-refractivity contribution in [2.75, 3.05) is 0 Å². The molecule has 23 heavy (non-hydrogen) atoms. The van der Waals surface area contributed by atoms with Gasteiger partial charge in [0.2, 0.25) is 0 Å². The lowest BCUT2D eigenvalue weighted by atomic mass is 10.1. The van der Waals surface area contributed by atoms with E-state index in [0.717, 1.165) is 14.6 Å². The van der Waals surface area contributed by atoms with Crippen molar-refractivity contribution < 1.29 is 17.2 Å². The number of fused-ring (bicyclic) bond motifs is 1. The second-order valence-corrected chi connectivity index (χ2v) is 7.64. The minimum absolute atomic E-state index is 0.0100. The zero-order valence-electron chi connectivity index (χ0n) is 12.4. The highest BCUT2D eigenvalue weighted by Gasteiger charge is 2.38. The Bertz CT molecular complexity index is 880. The number of alkyl halides is 2. The third kappa shape index (κ3) is 2.54. The van der Waals surface area contributed by atoms with Crippen LogP contribution in [0.3, 0.4) is 0 Å². The third-order valence-electron chi connectivity index (χ3n) is 3.91. The lowest BCUT2D eigenvalue weighted by molar-refractivity contribution is 0.146. The summed E-state index contributed by atoms with van der Waals surface area (Å²) in [5.41, 5.74) is 0.944. The first kappa shape index (κ1) is 16.4. The predicted octanol–water partition coefficient (Wildman–Crippen LogP) is 3.02. The Labute approximate surface area is 137 Å². The first-order chi connectivity index (χ1) is 10.7. The van der Waals surface area contributed by atoms with Gasteiger partial charge in [0, 0.05) is 25.2 Å². The van der Waals surface area contributed by atoms with Gasteiger partial charge in [-0.2, -0.15) is 9.40 Å².